The monoisotopic (exact) mass is 332 g/mol. The fourth-order valence-electron chi connectivity index (χ4n) is 2.82. The third-order valence-corrected chi connectivity index (χ3v) is 5.28. The highest BCUT2D eigenvalue weighted by Crippen LogP contribution is 2.21. The van der Waals surface area contributed by atoms with E-state index in [1.807, 2.05) is 6.07 Å². The van der Waals surface area contributed by atoms with Crippen LogP contribution in [-0.2, 0) is 17.8 Å². The molecule has 0 aromatic carbocycles. The summed E-state index contributed by atoms with van der Waals surface area (Å²) in [5.74, 6) is -0.0126. The molecule has 6 heteroatoms. The number of furan rings is 1. The van der Waals surface area contributed by atoms with Crippen molar-refractivity contribution in [2.75, 3.05) is 6.54 Å². The summed E-state index contributed by atoms with van der Waals surface area (Å²) in [6.07, 6.45) is 4.01. The Morgan fingerprint density at radius 1 is 1.35 bits per heavy atom. The third-order valence-electron chi connectivity index (χ3n) is 4.05. The van der Waals surface area contributed by atoms with Gasteiger partial charge in [-0.3, -0.25) is 9.59 Å². The average Bonchev–Trinajstić information content (AvgIpc) is 3.33. The Kier molecular flexibility index (Phi) is 4.81. The van der Waals surface area contributed by atoms with Crippen molar-refractivity contribution < 1.29 is 14.0 Å². The van der Waals surface area contributed by atoms with Crippen molar-refractivity contribution in [3.8, 4) is 0 Å². The van der Waals surface area contributed by atoms with E-state index < -0.39 is 6.04 Å². The van der Waals surface area contributed by atoms with Gasteiger partial charge in [-0.2, -0.15) is 0 Å². The Morgan fingerprint density at radius 3 is 2.87 bits per heavy atom. The number of nitrogens with one attached hydrogen (secondary N) is 1. The second-order valence-electron chi connectivity index (χ2n) is 5.57. The van der Waals surface area contributed by atoms with Crippen molar-refractivity contribution in [1.82, 2.24) is 10.2 Å². The fourth-order valence-corrected chi connectivity index (χ4v) is 3.72. The number of thiophene rings is 1. The average molecular weight is 332 g/mol. The first-order chi connectivity index (χ1) is 11.2. The predicted octanol–water partition coefficient (Wildman–Crippen LogP) is 2.82. The van der Waals surface area contributed by atoms with Gasteiger partial charge in [-0.1, -0.05) is 6.92 Å². The number of carbonyl (C=O) groups excluding carboxylic acids is 2. The van der Waals surface area contributed by atoms with Gasteiger partial charge in [-0.25, -0.2) is 0 Å². The van der Waals surface area contributed by atoms with Gasteiger partial charge in [0.2, 0.25) is 5.91 Å². The first-order valence-electron chi connectivity index (χ1n) is 7.89. The van der Waals surface area contributed by atoms with E-state index in [0.29, 0.717) is 19.5 Å². The maximum Gasteiger partial charge on any atom is 0.290 e. The largest absolute Gasteiger partial charge is 0.459 e. The molecule has 122 valence electrons. The van der Waals surface area contributed by atoms with Crippen LogP contribution in [0.25, 0.3) is 0 Å². The number of carbonyl (C=O) groups is 2. The number of nitrogens with zero attached hydrogens (tertiary/aromatic N) is 1. The molecule has 0 saturated carbocycles. The number of amides is 2. The summed E-state index contributed by atoms with van der Waals surface area (Å²) >= 11 is 1.71. The summed E-state index contributed by atoms with van der Waals surface area (Å²) in [5.41, 5.74) is 0. The fraction of sp³-hybridized carbons (Fsp3) is 0.412. The van der Waals surface area contributed by atoms with E-state index in [0.717, 1.165) is 17.7 Å². The standard InChI is InChI=1S/C17H20N2O3S/c1-2-12-7-8-13(23-12)11-18-16(20)14-5-3-9-19(14)17(21)15-6-4-10-22-15/h4,6-8,10,14H,2-3,5,9,11H2,1H3,(H,18,20). The molecular weight excluding hydrogens is 312 g/mol. The SMILES string of the molecule is CCc1ccc(CNC(=O)C2CCCN2C(=O)c2ccco2)s1. The molecule has 0 bridgehead atoms. The second kappa shape index (κ2) is 7.00. The maximum atomic E-state index is 12.4. The lowest BCUT2D eigenvalue weighted by Gasteiger charge is -2.22. The molecule has 1 fully saturated rings. The molecule has 2 aromatic heterocycles. The van der Waals surface area contributed by atoms with Crippen LogP contribution in [0.4, 0.5) is 0 Å². The van der Waals surface area contributed by atoms with Crippen LogP contribution >= 0.6 is 11.3 Å². The predicted molar refractivity (Wildman–Crippen MR) is 88.3 cm³/mol. The molecule has 0 radical (unpaired) electrons. The van der Waals surface area contributed by atoms with Crippen LogP contribution in [0.1, 0.15) is 40.1 Å². The summed E-state index contributed by atoms with van der Waals surface area (Å²) in [4.78, 5) is 28.9. The molecule has 0 aliphatic carbocycles. The van der Waals surface area contributed by atoms with Crippen molar-refractivity contribution in [2.24, 2.45) is 0 Å². The molecule has 3 rings (SSSR count). The zero-order valence-electron chi connectivity index (χ0n) is 13.1. The van der Waals surface area contributed by atoms with E-state index in [1.54, 1.807) is 28.4 Å². The molecule has 1 aliphatic heterocycles. The van der Waals surface area contributed by atoms with E-state index >= 15 is 0 Å². The molecule has 1 saturated heterocycles. The molecule has 1 aliphatic rings. The smallest absolute Gasteiger partial charge is 0.290 e. The third kappa shape index (κ3) is 3.47. The Bertz CT molecular complexity index is 678. The second-order valence-corrected chi connectivity index (χ2v) is 6.83. The quantitative estimate of drug-likeness (QED) is 0.916. The summed E-state index contributed by atoms with van der Waals surface area (Å²) in [5, 5.41) is 2.96. The number of hydrogen-bond acceptors (Lipinski definition) is 4. The minimum absolute atomic E-state index is 0.0890. The van der Waals surface area contributed by atoms with Gasteiger partial charge in [0.15, 0.2) is 5.76 Å². The van der Waals surface area contributed by atoms with Gasteiger partial charge < -0.3 is 14.6 Å². The van der Waals surface area contributed by atoms with Gasteiger partial charge in [0.25, 0.3) is 5.91 Å². The van der Waals surface area contributed by atoms with E-state index in [2.05, 4.69) is 18.3 Å². The zero-order valence-corrected chi connectivity index (χ0v) is 13.9. The Morgan fingerprint density at radius 2 is 2.17 bits per heavy atom. The number of rotatable bonds is 5. The minimum Gasteiger partial charge on any atom is -0.459 e. The van der Waals surface area contributed by atoms with Crippen LogP contribution in [0.3, 0.4) is 0 Å². The van der Waals surface area contributed by atoms with Gasteiger partial charge >= 0.3 is 0 Å². The van der Waals surface area contributed by atoms with Crippen molar-refractivity contribution in [3.05, 3.63) is 46.0 Å². The molecule has 1 unspecified atom stereocenters. The molecular formula is C17H20N2O3S. The lowest BCUT2D eigenvalue weighted by atomic mass is 10.2. The van der Waals surface area contributed by atoms with Crippen LogP contribution in [0.2, 0.25) is 0 Å². The Balaban J connectivity index is 1.60. The van der Waals surface area contributed by atoms with E-state index in [-0.39, 0.29) is 17.6 Å². The zero-order chi connectivity index (χ0) is 16.2. The van der Waals surface area contributed by atoms with Gasteiger partial charge in [0.1, 0.15) is 6.04 Å². The van der Waals surface area contributed by atoms with Crippen LogP contribution < -0.4 is 5.32 Å². The minimum atomic E-state index is -0.404. The first kappa shape index (κ1) is 15.8. The molecule has 0 spiro atoms. The van der Waals surface area contributed by atoms with Crippen molar-refractivity contribution >= 4 is 23.2 Å². The molecule has 2 aromatic rings. The first-order valence-corrected chi connectivity index (χ1v) is 8.70. The molecule has 5 nitrogen and oxygen atoms in total. The molecule has 1 atom stereocenters. The van der Waals surface area contributed by atoms with E-state index in [9.17, 15) is 9.59 Å². The Labute approximate surface area is 139 Å². The lowest BCUT2D eigenvalue weighted by molar-refractivity contribution is -0.125. The summed E-state index contributed by atoms with van der Waals surface area (Å²) in [6.45, 7) is 3.23. The number of aryl methyl sites for hydroxylation is 1. The molecule has 3 heterocycles. The topological polar surface area (TPSA) is 62.6 Å². The van der Waals surface area contributed by atoms with Gasteiger partial charge in [0.05, 0.1) is 12.8 Å². The molecule has 1 N–H and O–H groups in total. The van der Waals surface area contributed by atoms with Crippen LogP contribution in [0.15, 0.2) is 34.9 Å². The summed E-state index contributed by atoms with van der Waals surface area (Å²) < 4.78 is 5.16. The number of hydrogen-bond donors (Lipinski definition) is 1. The lowest BCUT2D eigenvalue weighted by Crippen LogP contribution is -2.45. The van der Waals surface area contributed by atoms with Gasteiger partial charge in [-0.15, -0.1) is 11.3 Å². The number of likely N-dealkylation sites (tertiary alicyclic amines) is 1. The Hall–Kier alpha value is -2.08. The van der Waals surface area contributed by atoms with Crippen molar-refractivity contribution in [3.63, 3.8) is 0 Å². The highest BCUT2D eigenvalue weighted by molar-refractivity contribution is 7.11. The molecule has 23 heavy (non-hydrogen) atoms. The van der Waals surface area contributed by atoms with Crippen molar-refractivity contribution in [2.45, 2.75) is 38.8 Å². The van der Waals surface area contributed by atoms with Crippen LogP contribution in [0, 0.1) is 0 Å². The highest BCUT2D eigenvalue weighted by atomic mass is 32.1. The van der Waals surface area contributed by atoms with E-state index in [4.69, 9.17) is 4.42 Å². The van der Waals surface area contributed by atoms with Crippen LogP contribution in [0.5, 0.6) is 0 Å². The van der Waals surface area contributed by atoms with Crippen LogP contribution in [-0.4, -0.2) is 29.3 Å². The summed E-state index contributed by atoms with van der Waals surface area (Å²) in [6, 6.07) is 7.05. The molecule has 2 amide bonds. The summed E-state index contributed by atoms with van der Waals surface area (Å²) in [7, 11) is 0. The normalized spacial score (nSPS) is 17.4. The van der Waals surface area contributed by atoms with Crippen molar-refractivity contribution in [1.29, 1.82) is 0 Å². The van der Waals surface area contributed by atoms with Gasteiger partial charge in [0, 0.05) is 16.3 Å². The maximum absolute atomic E-state index is 12.4. The van der Waals surface area contributed by atoms with E-state index in [1.165, 1.54) is 11.1 Å². The highest BCUT2D eigenvalue weighted by Gasteiger charge is 2.35. The van der Waals surface area contributed by atoms with Gasteiger partial charge in [-0.05, 0) is 43.5 Å².